The van der Waals surface area contributed by atoms with Crippen molar-refractivity contribution in [3.8, 4) is 0 Å². The summed E-state index contributed by atoms with van der Waals surface area (Å²) in [5.74, 6) is 0.971. The van der Waals surface area contributed by atoms with Gasteiger partial charge >= 0.3 is 0 Å². The Morgan fingerprint density at radius 3 is 2.71 bits per heavy atom. The van der Waals surface area contributed by atoms with E-state index in [4.69, 9.17) is 22.4 Å². The molecule has 1 aliphatic rings. The Hall–Kier alpha value is -1.89. The minimum absolute atomic E-state index is 0.0154. The summed E-state index contributed by atoms with van der Waals surface area (Å²) in [6.07, 6.45) is 2.37. The van der Waals surface area contributed by atoms with E-state index in [2.05, 4.69) is 29.7 Å². The Morgan fingerprint density at radius 2 is 2.12 bits per heavy atom. The van der Waals surface area contributed by atoms with Gasteiger partial charge in [0.15, 0.2) is 10.9 Å². The van der Waals surface area contributed by atoms with Gasteiger partial charge in [-0.2, -0.15) is 5.10 Å². The molecule has 6 nitrogen and oxygen atoms in total. The van der Waals surface area contributed by atoms with Crippen molar-refractivity contribution in [2.45, 2.75) is 59.9 Å². The number of hydrogen-bond acceptors (Lipinski definition) is 4. The summed E-state index contributed by atoms with van der Waals surface area (Å²) < 4.78 is 5.93. The van der Waals surface area contributed by atoms with Gasteiger partial charge in [-0.25, -0.2) is 0 Å². The van der Waals surface area contributed by atoms with Crippen molar-refractivity contribution in [3.05, 3.63) is 22.6 Å². The SMILES string of the molecule is CCC(C)NC(=O)c1oc2c(c1C)/C(=N\NC(N)=S)CC(C)(C)C2. The van der Waals surface area contributed by atoms with E-state index in [0.29, 0.717) is 5.76 Å². The molecule has 132 valence electrons. The summed E-state index contributed by atoms with van der Waals surface area (Å²) in [6.45, 7) is 10.2. The second-order valence-electron chi connectivity index (χ2n) is 7.19. The van der Waals surface area contributed by atoms with Gasteiger partial charge in [-0.1, -0.05) is 20.8 Å². The third-order valence-electron chi connectivity index (χ3n) is 4.29. The number of amides is 1. The third-order valence-corrected chi connectivity index (χ3v) is 4.38. The number of nitrogens with one attached hydrogen (secondary N) is 2. The second kappa shape index (κ2) is 6.93. The lowest BCUT2D eigenvalue weighted by molar-refractivity contribution is 0.0907. The van der Waals surface area contributed by atoms with Crippen LogP contribution in [0.15, 0.2) is 9.52 Å². The van der Waals surface area contributed by atoms with Crippen LogP contribution in [0.25, 0.3) is 0 Å². The van der Waals surface area contributed by atoms with Crippen LogP contribution in [0, 0.1) is 12.3 Å². The van der Waals surface area contributed by atoms with Gasteiger partial charge in [-0.15, -0.1) is 0 Å². The first-order chi connectivity index (χ1) is 11.1. The number of furan rings is 1. The zero-order valence-electron chi connectivity index (χ0n) is 14.9. The minimum Gasteiger partial charge on any atom is -0.455 e. The molecule has 1 amide bonds. The van der Waals surface area contributed by atoms with Crippen LogP contribution in [0.1, 0.15) is 68.0 Å². The van der Waals surface area contributed by atoms with Crippen LogP contribution in [0.4, 0.5) is 0 Å². The third kappa shape index (κ3) is 3.95. The highest BCUT2D eigenvalue weighted by atomic mass is 32.1. The minimum atomic E-state index is -0.185. The molecule has 0 bridgehead atoms. The molecule has 1 heterocycles. The molecular formula is C17H26N4O2S. The maximum absolute atomic E-state index is 12.5. The first-order valence-corrected chi connectivity index (χ1v) is 8.61. The van der Waals surface area contributed by atoms with Gasteiger partial charge in [0.1, 0.15) is 5.76 Å². The molecule has 0 aliphatic heterocycles. The highest BCUT2D eigenvalue weighted by molar-refractivity contribution is 7.80. The molecule has 0 saturated heterocycles. The van der Waals surface area contributed by atoms with Crippen LogP contribution in [0.5, 0.6) is 0 Å². The highest BCUT2D eigenvalue weighted by Crippen LogP contribution is 2.38. The molecule has 2 rings (SSSR count). The van der Waals surface area contributed by atoms with E-state index >= 15 is 0 Å². The molecular weight excluding hydrogens is 324 g/mol. The van der Waals surface area contributed by atoms with E-state index in [1.165, 1.54) is 0 Å². The Bertz CT molecular complexity index is 691. The summed E-state index contributed by atoms with van der Waals surface area (Å²) in [5, 5.41) is 7.41. The van der Waals surface area contributed by atoms with Crippen LogP contribution >= 0.6 is 12.2 Å². The van der Waals surface area contributed by atoms with Gasteiger partial charge in [0.25, 0.3) is 5.91 Å². The first kappa shape index (κ1) is 18.4. The number of carbonyl (C=O) groups excluding carboxylic acids is 1. The van der Waals surface area contributed by atoms with Gasteiger partial charge in [-0.05, 0) is 44.3 Å². The Morgan fingerprint density at radius 1 is 1.46 bits per heavy atom. The molecule has 1 aromatic heterocycles. The largest absolute Gasteiger partial charge is 0.455 e. The molecule has 0 spiro atoms. The lowest BCUT2D eigenvalue weighted by Gasteiger charge is -2.29. The fraction of sp³-hybridized carbons (Fsp3) is 0.588. The van der Waals surface area contributed by atoms with Gasteiger partial charge in [0.05, 0.1) is 5.71 Å². The molecule has 0 radical (unpaired) electrons. The number of carbonyl (C=O) groups is 1. The van der Waals surface area contributed by atoms with E-state index in [-0.39, 0.29) is 22.5 Å². The van der Waals surface area contributed by atoms with Crippen LogP contribution in [-0.4, -0.2) is 22.8 Å². The van der Waals surface area contributed by atoms with Crippen molar-refractivity contribution >= 4 is 28.9 Å². The van der Waals surface area contributed by atoms with Crippen molar-refractivity contribution in [2.24, 2.45) is 16.3 Å². The molecule has 7 heteroatoms. The topological polar surface area (TPSA) is 92.6 Å². The van der Waals surface area contributed by atoms with Gasteiger partial charge < -0.3 is 15.5 Å². The molecule has 4 N–H and O–H groups in total. The fourth-order valence-corrected chi connectivity index (χ4v) is 2.99. The van der Waals surface area contributed by atoms with E-state index in [9.17, 15) is 4.79 Å². The predicted molar refractivity (Wildman–Crippen MR) is 99.2 cm³/mol. The summed E-state index contributed by atoms with van der Waals surface area (Å²) in [5.41, 5.74) is 10.6. The highest BCUT2D eigenvalue weighted by Gasteiger charge is 2.36. The average molecular weight is 350 g/mol. The molecule has 0 aromatic carbocycles. The number of nitrogens with two attached hydrogens (primary N) is 1. The second-order valence-corrected chi connectivity index (χ2v) is 7.63. The number of thiocarbonyl (C=S) groups is 1. The monoisotopic (exact) mass is 350 g/mol. The number of nitrogens with zero attached hydrogens (tertiary/aromatic N) is 1. The molecule has 0 saturated carbocycles. The summed E-state index contributed by atoms with van der Waals surface area (Å²) in [4.78, 5) is 12.5. The molecule has 0 fully saturated rings. The maximum atomic E-state index is 12.5. The number of hydrogen-bond donors (Lipinski definition) is 3. The summed E-state index contributed by atoms with van der Waals surface area (Å²) in [7, 11) is 0. The lowest BCUT2D eigenvalue weighted by atomic mass is 9.75. The zero-order valence-corrected chi connectivity index (χ0v) is 15.8. The molecule has 1 unspecified atom stereocenters. The van der Waals surface area contributed by atoms with Crippen molar-refractivity contribution in [3.63, 3.8) is 0 Å². The maximum Gasteiger partial charge on any atom is 0.287 e. The van der Waals surface area contributed by atoms with Gasteiger partial charge in [0.2, 0.25) is 0 Å². The standard InChI is InChI=1S/C17H26N4O2S/c1-6-9(2)19-15(22)14-10(3)13-11(20-21-16(18)24)7-17(4,5)8-12(13)23-14/h9H,6-8H2,1-5H3,(H,19,22)(H3,18,21,24)/b20-11-. The molecule has 1 atom stereocenters. The summed E-state index contributed by atoms with van der Waals surface area (Å²) in [6, 6.07) is 0.0971. The quantitative estimate of drug-likeness (QED) is 0.573. The van der Waals surface area contributed by atoms with E-state index in [0.717, 1.165) is 41.9 Å². The van der Waals surface area contributed by atoms with Gasteiger partial charge in [0, 0.05) is 23.6 Å². The van der Waals surface area contributed by atoms with Crippen LogP contribution in [0.3, 0.4) is 0 Å². The van der Waals surface area contributed by atoms with Gasteiger partial charge in [-0.3, -0.25) is 10.2 Å². The van der Waals surface area contributed by atoms with E-state index in [1.54, 1.807) is 0 Å². The number of hydrazone groups is 1. The lowest BCUT2D eigenvalue weighted by Crippen LogP contribution is -2.32. The van der Waals surface area contributed by atoms with Crippen LogP contribution < -0.4 is 16.5 Å². The van der Waals surface area contributed by atoms with Crippen LogP contribution in [0.2, 0.25) is 0 Å². The summed E-state index contributed by atoms with van der Waals surface area (Å²) >= 11 is 4.83. The molecule has 1 aliphatic carbocycles. The van der Waals surface area contributed by atoms with Crippen molar-refractivity contribution in [1.29, 1.82) is 0 Å². The van der Waals surface area contributed by atoms with Crippen LogP contribution in [-0.2, 0) is 6.42 Å². The van der Waals surface area contributed by atoms with Crippen molar-refractivity contribution in [2.75, 3.05) is 0 Å². The predicted octanol–water partition coefficient (Wildman–Crippen LogP) is 2.63. The number of fused-ring (bicyclic) bond motifs is 1. The smallest absolute Gasteiger partial charge is 0.287 e. The average Bonchev–Trinajstić information content (AvgIpc) is 2.80. The zero-order chi connectivity index (χ0) is 18.1. The van der Waals surface area contributed by atoms with E-state index < -0.39 is 0 Å². The fourth-order valence-electron chi connectivity index (χ4n) is 2.94. The molecule has 24 heavy (non-hydrogen) atoms. The number of rotatable bonds is 4. The normalized spacial score (nSPS) is 18.8. The Kier molecular flexibility index (Phi) is 5.32. The van der Waals surface area contributed by atoms with Crippen molar-refractivity contribution in [1.82, 2.24) is 10.7 Å². The Balaban J connectivity index is 2.43. The molecule has 1 aromatic rings. The Labute approximate surface area is 148 Å². The first-order valence-electron chi connectivity index (χ1n) is 8.20. The van der Waals surface area contributed by atoms with Crippen molar-refractivity contribution < 1.29 is 9.21 Å². The van der Waals surface area contributed by atoms with E-state index in [1.807, 2.05) is 20.8 Å².